The summed E-state index contributed by atoms with van der Waals surface area (Å²) in [5.41, 5.74) is 1.34. The molecule has 172 valence electrons. The number of hydrogen-bond donors (Lipinski definition) is 0. The second-order valence-electron chi connectivity index (χ2n) is 7.49. The van der Waals surface area contributed by atoms with Crippen LogP contribution < -0.4 is 4.74 Å². The van der Waals surface area contributed by atoms with Gasteiger partial charge in [-0.05, 0) is 28.3 Å². The number of ether oxygens (including phenoxy) is 1. The molecule has 1 atom stereocenters. The quantitative estimate of drug-likeness (QED) is 0.0974. The molecule has 2 nitrogen and oxygen atoms in total. The van der Waals surface area contributed by atoms with Gasteiger partial charge in [-0.2, -0.15) is 8.78 Å². The lowest BCUT2D eigenvalue weighted by Crippen LogP contribution is -2.20. The molecular weight excluding hydrogens is 451 g/mol. The molecule has 4 aromatic carbocycles. The standard InChI is InChI=1S/C27H17F5O2/c28-21-22(29)24(31)26(25(32)23(21)30)34-27(33)20(18-8-2-1-3-9-18)15-7-13-17-12-6-11-16-10-4-5-14-19(16)17/h1-14,20H,15H2/b13-7+/t20-/m1/s1. The Balaban J connectivity index is 1.64. The minimum absolute atomic E-state index is 0.0570. The fraction of sp³-hybridized carbons (Fsp3) is 0.0741. The zero-order chi connectivity index (χ0) is 24.2. The molecule has 0 radical (unpaired) electrons. The molecule has 0 fully saturated rings. The van der Waals surface area contributed by atoms with Gasteiger partial charge in [-0.15, -0.1) is 0 Å². The zero-order valence-electron chi connectivity index (χ0n) is 17.6. The lowest BCUT2D eigenvalue weighted by molar-refractivity contribution is -0.136. The van der Waals surface area contributed by atoms with Crippen molar-refractivity contribution in [3.63, 3.8) is 0 Å². The SMILES string of the molecule is O=C(Oc1c(F)c(F)c(F)c(F)c1F)[C@H](C/C=C/c1cccc2ccccc12)c1ccccc1. The van der Waals surface area contributed by atoms with Gasteiger partial charge in [0.1, 0.15) is 0 Å². The smallest absolute Gasteiger partial charge is 0.319 e. The minimum Gasteiger partial charge on any atom is -0.420 e. The highest BCUT2D eigenvalue weighted by molar-refractivity contribution is 5.90. The molecule has 0 N–H and O–H groups in total. The number of carbonyl (C=O) groups is 1. The van der Waals surface area contributed by atoms with E-state index in [0.29, 0.717) is 5.56 Å². The van der Waals surface area contributed by atoms with Crippen molar-refractivity contribution in [1.29, 1.82) is 0 Å². The Morgan fingerprint density at radius 2 is 1.32 bits per heavy atom. The number of halogens is 5. The first-order valence-electron chi connectivity index (χ1n) is 10.3. The van der Waals surface area contributed by atoms with E-state index < -0.39 is 46.7 Å². The van der Waals surface area contributed by atoms with E-state index in [4.69, 9.17) is 4.74 Å². The molecule has 0 heterocycles. The number of esters is 1. The molecule has 0 aliphatic carbocycles. The van der Waals surface area contributed by atoms with Crippen molar-refractivity contribution in [2.45, 2.75) is 12.3 Å². The van der Waals surface area contributed by atoms with Gasteiger partial charge in [0.05, 0.1) is 5.92 Å². The van der Waals surface area contributed by atoms with Gasteiger partial charge in [0.15, 0.2) is 0 Å². The lowest BCUT2D eigenvalue weighted by Gasteiger charge is -2.16. The fourth-order valence-corrected chi connectivity index (χ4v) is 3.63. The van der Waals surface area contributed by atoms with Crippen LogP contribution in [0, 0.1) is 29.1 Å². The van der Waals surface area contributed by atoms with Gasteiger partial charge < -0.3 is 4.74 Å². The summed E-state index contributed by atoms with van der Waals surface area (Å²) < 4.78 is 73.2. The van der Waals surface area contributed by atoms with Gasteiger partial charge in [0, 0.05) is 0 Å². The van der Waals surface area contributed by atoms with Crippen molar-refractivity contribution >= 4 is 22.8 Å². The summed E-state index contributed by atoms with van der Waals surface area (Å²) in [5.74, 6) is -14.9. The highest BCUT2D eigenvalue weighted by atomic mass is 19.2. The monoisotopic (exact) mass is 468 g/mol. The molecule has 4 aromatic rings. The molecule has 4 rings (SSSR count). The fourth-order valence-electron chi connectivity index (χ4n) is 3.63. The van der Waals surface area contributed by atoms with E-state index >= 15 is 0 Å². The Kier molecular flexibility index (Phi) is 6.72. The van der Waals surface area contributed by atoms with E-state index in [9.17, 15) is 26.7 Å². The summed E-state index contributed by atoms with van der Waals surface area (Å²) in [6, 6.07) is 21.7. The van der Waals surface area contributed by atoms with E-state index in [1.165, 1.54) is 0 Å². The first-order valence-corrected chi connectivity index (χ1v) is 10.3. The summed E-state index contributed by atoms with van der Waals surface area (Å²) in [6.07, 6.45) is 3.55. The van der Waals surface area contributed by atoms with Crippen molar-refractivity contribution in [3.05, 3.63) is 119 Å². The normalized spacial score (nSPS) is 12.3. The number of rotatable bonds is 6. The van der Waals surface area contributed by atoms with E-state index in [-0.39, 0.29) is 6.42 Å². The topological polar surface area (TPSA) is 26.3 Å². The van der Waals surface area contributed by atoms with Crippen molar-refractivity contribution in [2.24, 2.45) is 0 Å². The Morgan fingerprint density at radius 3 is 2.03 bits per heavy atom. The van der Waals surface area contributed by atoms with Gasteiger partial charge in [-0.3, -0.25) is 4.79 Å². The van der Waals surface area contributed by atoms with Crippen LogP contribution in [-0.2, 0) is 4.79 Å². The third-order valence-electron chi connectivity index (χ3n) is 5.35. The molecule has 0 aliphatic heterocycles. The second kappa shape index (κ2) is 9.87. The van der Waals surface area contributed by atoms with Crippen molar-refractivity contribution in [3.8, 4) is 5.75 Å². The maximum Gasteiger partial charge on any atom is 0.319 e. The molecule has 0 aliphatic rings. The van der Waals surface area contributed by atoms with E-state index in [0.717, 1.165) is 16.3 Å². The van der Waals surface area contributed by atoms with E-state index in [2.05, 4.69) is 0 Å². The predicted molar refractivity (Wildman–Crippen MR) is 119 cm³/mol. The number of benzene rings is 4. The molecule has 7 heteroatoms. The first kappa shape index (κ1) is 23.2. The maximum atomic E-state index is 14.0. The third kappa shape index (κ3) is 4.55. The van der Waals surface area contributed by atoms with Crippen LogP contribution in [-0.4, -0.2) is 5.97 Å². The van der Waals surface area contributed by atoms with Crippen molar-refractivity contribution in [2.75, 3.05) is 0 Å². The molecule has 0 saturated carbocycles. The van der Waals surface area contributed by atoms with Crippen LogP contribution in [0.25, 0.3) is 16.8 Å². The molecule has 0 amide bonds. The second-order valence-corrected chi connectivity index (χ2v) is 7.49. The Labute approximate surface area is 191 Å². The molecule has 34 heavy (non-hydrogen) atoms. The summed E-state index contributed by atoms with van der Waals surface area (Å²) in [7, 11) is 0. The van der Waals surface area contributed by atoms with Crippen LogP contribution in [0.2, 0.25) is 0 Å². The summed E-state index contributed by atoms with van der Waals surface area (Å²) >= 11 is 0. The average molecular weight is 468 g/mol. The molecule has 0 spiro atoms. The Bertz CT molecular complexity index is 1350. The number of fused-ring (bicyclic) bond motifs is 1. The van der Waals surface area contributed by atoms with Crippen LogP contribution in [0.4, 0.5) is 22.0 Å². The van der Waals surface area contributed by atoms with Gasteiger partial charge in [0.25, 0.3) is 0 Å². The lowest BCUT2D eigenvalue weighted by atomic mass is 9.95. The highest BCUT2D eigenvalue weighted by Gasteiger charge is 2.31. The highest BCUT2D eigenvalue weighted by Crippen LogP contribution is 2.32. The predicted octanol–water partition coefficient (Wildman–Crippen LogP) is 7.33. The minimum atomic E-state index is -2.33. The van der Waals surface area contributed by atoms with Crippen LogP contribution in [0.15, 0.2) is 78.9 Å². The van der Waals surface area contributed by atoms with Crippen molar-refractivity contribution < 1.29 is 31.5 Å². The number of carbonyl (C=O) groups excluding carboxylic acids is 1. The molecule has 0 bridgehead atoms. The van der Waals surface area contributed by atoms with Gasteiger partial charge in [-0.25, -0.2) is 13.2 Å². The van der Waals surface area contributed by atoms with Crippen LogP contribution in [0.3, 0.4) is 0 Å². The molecule has 0 unspecified atom stereocenters. The van der Waals surface area contributed by atoms with Crippen molar-refractivity contribution in [1.82, 2.24) is 0 Å². The molecule has 0 saturated heterocycles. The average Bonchev–Trinajstić information content (AvgIpc) is 2.87. The van der Waals surface area contributed by atoms with Gasteiger partial charge >= 0.3 is 5.97 Å². The molecular formula is C27H17F5O2. The third-order valence-corrected chi connectivity index (χ3v) is 5.35. The van der Waals surface area contributed by atoms with E-state index in [1.54, 1.807) is 42.5 Å². The van der Waals surface area contributed by atoms with Crippen LogP contribution in [0.1, 0.15) is 23.5 Å². The summed E-state index contributed by atoms with van der Waals surface area (Å²) in [4.78, 5) is 12.9. The largest absolute Gasteiger partial charge is 0.420 e. The Hall–Kier alpha value is -4.00. The van der Waals surface area contributed by atoms with Crippen LogP contribution in [0.5, 0.6) is 5.75 Å². The summed E-state index contributed by atoms with van der Waals surface area (Å²) in [6.45, 7) is 0. The maximum absolute atomic E-state index is 14.0. The zero-order valence-corrected chi connectivity index (χ0v) is 17.6. The van der Waals surface area contributed by atoms with Crippen LogP contribution >= 0.6 is 0 Å². The van der Waals surface area contributed by atoms with E-state index in [1.807, 2.05) is 42.5 Å². The summed E-state index contributed by atoms with van der Waals surface area (Å²) in [5, 5.41) is 2.01. The molecule has 0 aromatic heterocycles. The number of hydrogen-bond acceptors (Lipinski definition) is 2. The van der Waals surface area contributed by atoms with Gasteiger partial charge in [0.2, 0.25) is 34.8 Å². The number of allylic oxidation sites excluding steroid dienone is 1. The first-order chi connectivity index (χ1) is 16.4. The Morgan fingerprint density at radius 1 is 0.735 bits per heavy atom. The van der Waals surface area contributed by atoms with Gasteiger partial charge in [-0.1, -0.05) is 84.9 Å².